The number of nitrogens with zero attached hydrogens (tertiary/aromatic N) is 1. The molecule has 1 fully saturated rings. The van der Waals surface area contributed by atoms with Gasteiger partial charge in [-0.05, 0) is 37.0 Å². The Labute approximate surface area is 152 Å². The summed E-state index contributed by atoms with van der Waals surface area (Å²) < 4.78 is 49.2. The van der Waals surface area contributed by atoms with E-state index in [1.54, 1.807) is 13.1 Å². The Morgan fingerprint density at radius 3 is 2.88 bits per heavy atom. The smallest absolute Gasteiger partial charge is 0.379 e. The van der Waals surface area contributed by atoms with Crippen LogP contribution in [0.4, 0.5) is 13.2 Å². The first-order valence-electron chi connectivity index (χ1n) is 8.79. The molecule has 0 bridgehead atoms. The molecule has 0 spiro atoms. The van der Waals surface area contributed by atoms with Gasteiger partial charge in [-0.3, -0.25) is 4.99 Å². The lowest BCUT2D eigenvalue weighted by Gasteiger charge is -2.14. The lowest BCUT2D eigenvalue weighted by Crippen LogP contribution is -2.37. The number of rotatable bonds is 8. The van der Waals surface area contributed by atoms with E-state index in [2.05, 4.69) is 15.6 Å². The molecule has 1 aromatic rings. The van der Waals surface area contributed by atoms with E-state index >= 15 is 0 Å². The fraction of sp³-hybridized carbons (Fsp3) is 0.611. The minimum absolute atomic E-state index is 0.227. The van der Waals surface area contributed by atoms with Crippen LogP contribution in [0.2, 0.25) is 0 Å². The van der Waals surface area contributed by atoms with Crippen molar-refractivity contribution in [2.75, 3.05) is 33.4 Å². The number of alkyl halides is 3. The lowest BCUT2D eigenvalue weighted by atomic mass is 10.1. The summed E-state index contributed by atoms with van der Waals surface area (Å²) in [6, 6.07) is 5.25. The minimum atomic E-state index is -4.33. The molecule has 1 heterocycles. The van der Waals surface area contributed by atoms with E-state index < -0.39 is 11.7 Å². The Hall–Kier alpha value is -1.80. The summed E-state index contributed by atoms with van der Waals surface area (Å²) in [5.41, 5.74) is -0.106. The van der Waals surface area contributed by atoms with Crippen LogP contribution in [0.25, 0.3) is 0 Å². The van der Waals surface area contributed by atoms with Crippen LogP contribution < -0.4 is 10.6 Å². The van der Waals surface area contributed by atoms with Gasteiger partial charge >= 0.3 is 6.18 Å². The highest BCUT2D eigenvalue weighted by Crippen LogP contribution is 2.29. The highest BCUT2D eigenvalue weighted by Gasteiger charge is 2.30. The number of aliphatic imine (C=N–C) groups is 1. The highest BCUT2D eigenvalue weighted by molar-refractivity contribution is 5.79. The second kappa shape index (κ2) is 10.4. The molecule has 0 aliphatic carbocycles. The molecule has 0 saturated carbocycles. The van der Waals surface area contributed by atoms with E-state index in [0.717, 1.165) is 38.0 Å². The standard InChI is InChI=1S/C18H26F3N3O2/c1-22-17(23-8-4-9-25-13-16-7-3-10-26-16)24-12-14-5-2-6-15(11-14)18(19,20)21/h2,5-6,11,16H,3-4,7-10,12-13H2,1H3,(H2,22,23,24). The number of nitrogens with one attached hydrogen (secondary N) is 2. The molecular weight excluding hydrogens is 347 g/mol. The van der Waals surface area contributed by atoms with Crippen molar-refractivity contribution in [2.24, 2.45) is 4.99 Å². The molecule has 2 rings (SSSR count). The number of hydrogen-bond acceptors (Lipinski definition) is 3. The van der Waals surface area contributed by atoms with Crippen molar-refractivity contribution >= 4 is 5.96 Å². The maximum absolute atomic E-state index is 12.7. The molecule has 0 amide bonds. The van der Waals surface area contributed by atoms with Gasteiger partial charge in [0.2, 0.25) is 0 Å². The number of benzene rings is 1. The molecule has 1 aromatic carbocycles. The van der Waals surface area contributed by atoms with Crippen LogP contribution in [-0.4, -0.2) is 45.5 Å². The summed E-state index contributed by atoms with van der Waals surface area (Å²) in [5.74, 6) is 0.543. The second-order valence-corrected chi connectivity index (χ2v) is 6.11. The second-order valence-electron chi connectivity index (χ2n) is 6.11. The minimum Gasteiger partial charge on any atom is -0.379 e. The van der Waals surface area contributed by atoms with Gasteiger partial charge in [0.15, 0.2) is 5.96 Å². The van der Waals surface area contributed by atoms with Gasteiger partial charge in [-0.1, -0.05) is 12.1 Å². The zero-order valence-electron chi connectivity index (χ0n) is 14.9. The number of hydrogen-bond donors (Lipinski definition) is 2. The van der Waals surface area contributed by atoms with E-state index in [-0.39, 0.29) is 12.6 Å². The van der Waals surface area contributed by atoms with E-state index in [9.17, 15) is 13.2 Å². The molecule has 5 nitrogen and oxygen atoms in total. The van der Waals surface area contributed by atoms with E-state index in [1.165, 1.54) is 6.07 Å². The lowest BCUT2D eigenvalue weighted by molar-refractivity contribution is -0.137. The molecule has 0 aromatic heterocycles. The fourth-order valence-corrected chi connectivity index (χ4v) is 2.64. The average molecular weight is 373 g/mol. The van der Waals surface area contributed by atoms with Crippen molar-refractivity contribution in [1.29, 1.82) is 0 Å². The molecule has 0 radical (unpaired) electrons. The van der Waals surface area contributed by atoms with Crippen LogP contribution in [0.5, 0.6) is 0 Å². The van der Waals surface area contributed by atoms with Gasteiger partial charge in [-0.25, -0.2) is 0 Å². The molecule has 146 valence electrons. The van der Waals surface area contributed by atoms with Crippen LogP contribution in [0.3, 0.4) is 0 Å². The predicted octanol–water partition coefficient (Wildman–Crippen LogP) is 2.96. The molecule has 1 aliphatic rings. The van der Waals surface area contributed by atoms with Gasteiger partial charge < -0.3 is 20.1 Å². The molecule has 2 N–H and O–H groups in total. The van der Waals surface area contributed by atoms with E-state index in [4.69, 9.17) is 9.47 Å². The summed E-state index contributed by atoms with van der Waals surface area (Å²) in [5, 5.41) is 6.13. The zero-order valence-corrected chi connectivity index (χ0v) is 14.9. The van der Waals surface area contributed by atoms with Gasteiger partial charge in [0.05, 0.1) is 18.3 Å². The number of guanidine groups is 1. The first-order valence-corrected chi connectivity index (χ1v) is 8.79. The van der Waals surface area contributed by atoms with Crippen LogP contribution in [-0.2, 0) is 22.2 Å². The van der Waals surface area contributed by atoms with Crippen LogP contribution in [0.1, 0.15) is 30.4 Å². The van der Waals surface area contributed by atoms with E-state index in [0.29, 0.717) is 31.3 Å². The topological polar surface area (TPSA) is 54.9 Å². The maximum Gasteiger partial charge on any atom is 0.416 e. The van der Waals surface area contributed by atoms with Crippen molar-refractivity contribution in [2.45, 2.75) is 38.1 Å². The third-order valence-electron chi connectivity index (χ3n) is 4.02. The quantitative estimate of drug-likeness (QED) is 0.418. The average Bonchev–Trinajstić information content (AvgIpc) is 3.13. The van der Waals surface area contributed by atoms with Crippen molar-refractivity contribution < 1.29 is 22.6 Å². The molecule has 1 aliphatic heterocycles. The summed E-state index contributed by atoms with van der Waals surface area (Å²) in [4.78, 5) is 4.07. The molecule has 1 atom stereocenters. The molecule has 26 heavy (non-hydrogen) atoms. The number of ether oxygens (including phenoxy) is 2. The number of halogens is 3. The van der Waals surface area contributed by atoms with Gasteiger partial charge in [0.25, 0.3) is 0 Å². The van der Waals surface area contributed by atoms with Crippen molar-refractivity contribution in [3.63, 3.8) is 0 Å². The highest BCUT2D eigenvalue weighted by atomic mass is 19.4. The van der Waals surface area contributed by atoms with Crippen molar-refractivity contribution in [1.82, 2.24) is 10.6 Å². The van der Waals surface area contributed by atoms with Gasteiger partial charge in [-0.15, -0.1) is 0 Å². The summed E-state index contributed by atoms with van der Waals surface area (Å²) in [6.45, 7) is 3.00. The van der Waals surface area contributed by atoms with Gasteiger partial charge in [0, 0.05) is 33.4 Å². The van der Waals surface area contributed by atoms with E-state index in [1.807, 2.05) is 0 Å². The van der Waals surface area contributed by atoms with Crippen molar-refractivity contribution in [3.05, 3.63) is 35.4 Å². The monoisotopic (exact) mass is 373 g/mol. The van der Waals surface area contributed by atoms with Crippen LogP contribution >= 0.6 is 0 Å². The third kappa shape index (κ3) is 7.21. The Bertz CT molecular complexity index is 573. The summed E-state index contributed by atoms with van der Waals surface area (Å²) in [7, 11) is 1.62. The van der Waals surface area contributed by atoms with Crippen LogP contribution in [0.15, 0.2) is 29.3 Å². The summed E-state index contributed by atoms with van der Waals surface area (Å²) in [6.07, 6.45) is -1.14. The van der Waals surface area contributed by atoms with Crippen molar-refractivity contribution in [3.8, 4) is 0 Å². The third-order valence-corrected chi connectivity index (χ3v) is 4.02. The Balaban J connectivity index is 1.63. The Morgan fingerprint density at radius 1 is 1.35 bits per heavy atom. The zero-order chi connectivity index (χ0) is 18.8. The summed E-state index contributed by atoms with van der Waals surface area (Å²) >= 11 is 0. The van der Waals surface area contributed by atoms with Gasteiger partial charge in [0.1, 0.15) is 0 Å². The largest absolute Gasteiger partial charge is 0.416 e. The predicted molar refractivity (Wildman–Crippen MR) is 94.1 cm³/mol. The van der Waals surface area contributed by atoms with Gasteiger partial charge in [-0.2, -0.15) is 13.2 Å². The normalized spacial score (nSPS) is 18.2. The maximum atomic E-state index is 12.7. The van der Waals surface area contributed by atoms with Crippen LogP contribution in [0, 0.1) is 0 Å². The molecular formula is C18H26F3N3O2. The first kappa shape index (κ1) is 20.5. The first-order chi connectivity index (χ1) is 12.5. The molecule has 1 unspecified atom stereocenters. The SMILES string of the molecule is CN=C(NCCCOCC1CCCO1)NCc1cccc(C(F)(F)F)c1. The molecule has 1 saturated heterocycles. The Kier molecular flexibility index (Phi) is 8.18. The molecule has 8 heteroatoms. The fourth-order valence-electron chi connectivity index (χ4n) is 2.64. The Morgan fingerprint density at radius 2 is 2.19 bits per heavy atom.